The van der Waals surface area contributed by atoms with Gasteiger partial charge in [-0.25, -0.2) is 0 Å². The number of rotatable bonds is 2. The molecule has 0 bridgehead atoms. The number of nitrogens with one attached hydrogen (secondary N) is 1. The molecule has 21 heavy (non-hydrogen) atoms. The molecule has 0 amide bonds. The van der Waals surface area contributed by atoms with Crippen LogP contribution in [-0.4, -0.2) is 4.98 Å². The van der Waals surface area contributed by atoms with E-state index in [0.717, 1.165) is 22.4 Å². The van der Waals surface area contributed by atoms with Crippen molar-refractivity contribution in [3.8, 4) is 22.4 Å². The molecule has 1 heterocycles. The molecule has 0 fully saturated rings. The molecule has 3 aromatic rings. The molecule has 0 saturated carbocycles. The molecule has 0 spiro atoms. The van der Waals surface area contributed by atoms with Crippen LogP contribution in [-0.2, 0) is 0 Å². The summed E-state index contributed by atoms with van der Waals surface area (Å²) in [5.41, 5.74) is 3.31. The van der Waals surface area contributed by atoms with Crippen molar-refractivity contribution >= 4 is 23.2 Å². The van der Waals surface area contributed by atoms with Crippen LogP contribution < -0.4 is 5.56 Å². The van der Waals surface area contributed by atoms with Gasteiger partial charge in [0.15, 0.2) is 0 Å². The Kier molecular flexibility index (Phi) is 3.82. The van der Waals surface area contributed by atoms with Crippen molar-refractivity contribution in [2.24, 2.45) is 0 Å². The van der Waals surface area contributed by atoms with Crippen LogP contribution in [0.1, 0.15) is 0 Å². The average molecular weight is 316 g/mol. The first-order valence-corrected chi connectivity index (χ1v) is 7.14. The molecule has 0 atom stereocenters. The molecule has 0 aliphatic carbocycles. The highest BCUT2D eigenvalue weighted by Gasteiger charge is 2.04. The predicted molar refractivity (Wildman–Crippen MR) is 88.0 cm³/mol. The van der Waals surface area contributed by atoms with Crippen LogP contribution in [0, 0.1) is 0 Å². The minimum absolute atomic E-state index is 0.146. The summed E-state index contributed by atoms with van der Waals surface area (Å²) in [6, 6.07) is 18.2. The Balaban J connectivity index is 2.10. The number of benzene rings is 2. The fourth-order valence-corrected chi connectivity index (χ4v) is 2.39. The second-order valence-electron chi connectivity index (χ2n) is 4.66. The fraction of sp³-hybridized carbons (Fsp3) is 0. The molecule has 4 heteroatoms. The van der Waals surface area contributed by atoms with E-state index >= 15 is 0 Å². The van der Waals surface area contributed by atoms with E-state index in [-0.39, 0.29) is 5.56 Å². The number of pyridine rings is 1. The van der Waals surface area contributed by atoms with E-state index in [1.54, 1.807) is 30.3 Å². The monoisotopic (exact) mass is 315 g/mol. The summed E-state index contributed by atoms with van der Waals surface area (Å²) in [5.74, 6) is 0. The van der Waals surface area contributed by atoms with Crippen molar-refractivity contribution in [1.29, 1.82) is 0 Å². The summed E-state index contributed by atoms with van der Waals surface area (Å²) >= 11 is 11.8. The van der Waals surface area contributed by atoms with Gasteiger partial charge in [0.2, 0.25) is 5.56 Å². The largest absolute Gasteiger partial charge is 0.322 e. The van der Waals surface area contributed by atoms with Crippen molar-refractivity contribution in [2.45, 2.75) is 0 Å². The summed E-state index contributed by atoms with van der Waals surface area (Å²) in [4.78, 5) is 14.7. The molecule has 0 unspecified atom stereocenters. The van der Waals surface area contributed by atoms with Crippen LogP contribution in [0.3, 0.4) is 0 Å². The Morgan fingerprint density at radius 3 is 1.76 bits per heavy atom. The van der Waals surface area contributed by atoms with Crippen molar-refractivity contribution in [3.63, 3.8) is 0 Å². The van der Waals surface area contributed by atoms with Crippen LogP contribution in [0.25, 0.3) is 22.4 Å². The molecule has 1 aromatic heterocycles. The van der Waals surface area contributed by atoms with E-state index in [2.05, 4.69) is 4.98 Å². The molecule has 0 aliphatic rings. The highest BCUT2D eigenvalue weighted by molar-refractivity contribution is 6.30. The van der Waals surface area contributed by atoms with Gasteiger partial charge in [0.25, 0.3) is 0 Å². The summed E-state index contributed by atoms with van der Waals surface area (Å²) in [6.45, 7) is 0. The van der Waals surface area contributed by atoms with Gasteiger partial charge in [-0.2, -0.15) is 0 Å². The number of halogens is 2. The average Bonchev–Trinajstić information content (AvgIpc) is 2.48. The molecule has 2 nitrogen and oxygen atoms in total. The highest BCUT2D eigenvalue weighted by atomic mass is 35.5. The van der Waals surface area contributed by atoms with Gasteiger partial charge in [0.1, 0.15) is 0 Å². The zero-order valence-corrected chi connectivity index (χ0v) is 12.4. The van der Waals surface area contributed by atoms with E-state index in [1.165, 1.54) is 0 Å². The van der Waals surface area contributed by atoms with Crippen molar-refractivity contribution in [2.75, 3.05) is 0 Å². The molecule has 0 aliphatic heterocycles. The normalized spacial score (nSPS) is 10.6. The summed E-state index contributed by atoms with van der Waals surface area (Å²) in [5, 5.41) is 1.33. The van der Waals surface area contributed by atoms with Crippen LogP contribution in [0.5, 0.6) is 0 Å². The molecule has 1 N–H and O–H groups in total. The number of hydrogen-bond acceptors (Lipinski definition) is 1. The minimum atomic E-state index is -0.146. The summed E-state index contributed by atoms with van der Waals surface area (Å²) < 4.78 is 0. The Hall–Kier alpha value is -2.03. The lowest BCUT2D eigenvalue weighted by atomic mass is 10.0. The number of hydrogen-bond donors (Lipinski definition) is 1. The van der Waals surface area contributed by atoms with Gasteiger partial charge < -0.3 is 4.98 Å². The first-order valence-electron chi connectivity index (χ1n) is 6.38. The van der Waals surface area contributed by atoms with Gasteiger partial charge in [0.05, 0.1) is 0 Å². The maximum Gasteiger partial charge on any atom is 0.249 e. The van der Waals surface area contributed by atoms with Gasteiger partial charge in [-0.05, 0) is 47.0 Å². The standard InChI is InChI=1S/C17H11Cl2NO/c18-14-5-1-11(2-6-14)13-9-16(20-17(21)10-13)12-3-7-15(19)8-4-12/h1-10H,(H,20,21). The van der Waals surface area contributed by atoms with Crippen LogP contribution >= 0.6 is 23.2 Å². The van der Waals surface area contributed by atoms with Crippen LogP contribution in [0.2, 0.25) is 10.0 Å². The van der Waals surface area contributed by atoms with Gasteiger partial charge in [-0.15, -0.1) is 0 Å². The van der Waals surface area contributed by atoms with E-state index in [0.29, 0.717) is 10.0 Å². The molecule has 0 saturated heterocycles. The van der Waals surface area contributed by atoms with Gasteiger partial charge >= 0.3 is 0 Å². The van der Waals surface area contributed by atoms with E-state index in [9.17, 15) is 4.79 Å². The van der Waals surface area contributed by atoms with Crippen molar-refractivity contribution in [1.82, 2.24) is 4.98 Å². The van der Waals surface area contributed by atoms with Gasteiger partial charge in [-0.3, -0.25) is 4.79 Å². The zero-order valence-electron chi connectivity index (χ0n) is 10.9. The molecule has 0 radical (unpaired) electrons. The molecular weight excluding hydrogens is 305 g/mol. The van der Waals surface area contributed by atoms with Crippen LogP contribution in [0.15, 0.2) is 65.5 Å². The number of H-pyrrole nitrogens is 1. The first-order chi connectivity index (χ1) is 10.1. The Labute approximate surface area is 132 Å². The fourth-order valence-electron chi connectivity index (χ4n) is 2.14. The summed E-state index contributed by atoms with van der Waals surface area (Å²) in [6.07, 6.45) is 0. The highest BCUT2D eigenvalue weighted by Crippen LogP contribution is 2.25. The Morgan fingerprint density at radius 1 is 0.667 bits per heavy atom. The molecule has 104 valence electrons. The molecule has 2 aromatic carbocycles. The maximum atomic E-state index is 11.9. The number of aromatic nitrogens is 1. The lowest BCUT2D eigenvalue weighted by Gasteiger charge is -2.06. The molecule has 3 rings (SSSR count). The SMILES string of the molecule is O=c1cc(-c2ccc(Cl)cc2)cc(-c2ccc(Cl)cc2)[nH]1. The summed E-state index contributed by atoms with van der Waals surface area (Å²) in [7, 11) is 0. The van der Waals surface area contributed by atoms with Gasteiger partial charge in [-0.1, -0.05) is 47.5 Å². The molecular formula is C17H11Cl2NO. The third-order valence-electron chi connectivity index (χ3n) is 3.18. The van der Waals surface area contributed by atoms with E-state index in [1.807, 2.05) is 30.3 Å². The van der Waals surface area contributed by atoms with E-state index in [4.69, 9.17) is 23.2 Å². The maximum absolute atomic E-state index is 11.9. The van der Waals surface area contributed by atoms with Gasteiger partial charge in [0, 0.05) is 21.8 Å². The predicted octanol–water partition coefficient (Wildman–Crippen LogP) is 5.02. The second-order valence-corrected chi connectivity index (χ2v) is 5.53. The first kappa shape index (κ1) is 13.9. The third kappa shape index (κ3) is 3.18. The van der Waals surface area contributed by atoms with Crippen molar-refractivity contribution < 1.29 is 0 Å². The number of aromatic amines is 1. The zero-order chi connectivity index (χ0) is 14.8. The smallest absolute Gasteiger partial charge is 0.249 e. The van der Waals surface area contributed by atoms with Crippen LogP contribution in [0.4, 0.5) is 0 Å². The van der Waals surface area contributed by atoms with E-state index < -0.39 is 0 Å². The Bertz CT molecular complexity index is 754. The third-order valence-corrected chi connectivity index (χ3v) is 3.68. The lowest BCUT2D eigenvalue weighted by molar-refractivity contribution is 1.24. The topological polar surface area (TPSA) is 32.9 Å². The minimum Gasteiger partial charge on any atom is -0.322 e. The quantitative estimate of drug-likeness (QED) is 0.708. The second kappa shape index (κ2) is 5.76. The Morgan fingerprint density at radius 2 is 1.19 bits per heavy atom. The lowest BCUT2D eigenvalue weighted by Crippen LogP contribution is -2.05. The van der Waals surface area contributed by atoms with Crippen molar-refractivity contribution in [3.05, 3.63) is 81.1 Å².